The van der Waals surface area contributed by atoms with Crippen LogP contribution in [0.1, 0.15) is 80.2 Å². The van der Waals surface area contributed by atoms with Gasteiger partial charge in [-0.15, -0.1) is 0 Å². The van der Waals surface area contributed by atoms with Gasteiger partial charge in [0.1, 0.15) is 29.7 Å². The smallest absolute Gasteiger partial charge is 0.312 e. The predicted octanol–water partition coefficient (Wildman–Crippen LogP) is 2.46. The van der Waals surface area contributed by atoms with Gasteiger partial charge in [0, 0.05) is 36.1 Å². The van der Waals surface area contributed by atoms with Gasteiger partial charge < -0.3 is 60.0 Å². The van der Waals surface area contributed by atoms with Crippen molar-refractivity contribution < 1.29 is 49.3 Å². The van der Waals surface area contributed by atoms with Gasteiger partial charge in [-0.25, -0.2) is 0 Å². The van der Waals surface area contributed by atoms with Crippen molar-refractivity contribution in [2.75, 3.05) is 34.3 Å². The highest BCUT2D eigenvalue weighted by Crippen LogP contribution is 2.40. The molecule has 14 heteroatoms. The number of hydrogen-bond acceptors (Lipinski definition) is 13. The lowest BCUT2D eigenvalue weighted by molar-refractivity contribution is -0.304. The minimum absolute atomic E-state index is 0.169. The molecule has 2 fully saturated rings. The summed E-state index contributed by atoms with van der Waals surface area (Å²) in [5, 5.41) is 66.6. The van der Waals surface area contributed by atoms with Crippen LogP contribution < -0.4 is 15.4 Å². The second-order valence-electron chi connectivity index (χ2n) is 16.1. The molecule has 0 aliphatic carbocycles. The quantitative estimate of drug-likeness (QED) is 0.183. The first-order valence-corrected chi connectivity index (χ1v) is 19.0. The van der Waals surface area contributed by atoms with Crippen molar-refractivity contribution in [2.24, 2.45) is 17.8 Å². The Kier molecular flexibility index (Phi) is 15.8. The van der Waals surface area contributed by atoms with Crippen LogP contribution in [0.4, 0.5) is 0 Å². The number of ether oxygens (including phenoxy) is 4. The van der Waals surface area contributed by atoms with Gasteiger partial charge in [0.25, 0.3) is 0 Å². The summed E-state index contributed by atoms with van der Waals surface area (Å²) in [6, 6.07) is 4.34. The molecule has 14 atom stereocenters. The van der Waals surface area contributed by atoms with Crippen molar-refractivity contribution in [3.05, 3.63) is 28.8 Å². The van der Waals surface area contributed by atoms with E-state index in [1.54, 1.807) is 53.0 Å². The van der Waals surface area contributed by atoms with Gasteiger partial charge in [-0.3, -0.25) is 4.79 Å². The van der Waals surface area contributed by atoms with Crippen molar-refractivity contribution >= 4 is 17.6 Å². The summed E-state index contributed by atoms with van der Waals surface area (Å²) >= 11 is 6.53. The van der Waals surface area contributed by atoms with Gasteiger partial charge in [-0.2, -0.15) is 0 Å². The number of halogens is 1. The Morgan fingerprint density at radius 1 is 1.10 bits per heavy atom. The summed E-state index contributed by atoms with van der Waals surface area (Å²) in [6.45, 7) is 14.0. The van der Waals surface area contributed by atoms with Crippen molar-refractivity contribution in [3.8, 4) is 5.75 Å². The number of aliphatic hydroxyl groups is 5. The zero-order valence-electron chi connectivity index (χ0n) is 32.9. The van der Waals surface area contributed by atoms with E-state index in [9.17, 15) is 30.3 Å². The minimum atomic E-state index is -1.95. The molecular formula is C38H66ClN3O10. The monoisotopic (exact) mass is 759 g/mol. The molecule has 2 aliphatic heterocycles. The number of esters is 1. The normalized spacial score (nSPS) is 41.6. The van der Waals surface area contributed by atoms with Crippen LogP contribution in [0.15, 0.2) is 18.2 Å². The third-order valence-corrected chi connectivity index (χ3v) is 11.8. The van der Waals surface area contributed by atoms with Crippen molar-refractivity contribution in [2.45, 2.75) is 147 Å². The lowest BCUT2D eigenvalue weighted by Crippen LogP contribution is -2.64. The van der Waals surface area contributed by atoms with Crippen LogP contribution in [0.5, 0.6) is 5.75 Å². The molecule has 1 aromatic rings. The van der Waals surface area contributed by atoms with Gasteiger partial charge in [0.15, 0.2) is 6.29 Å². The molecule has 0 amide bonds. The average Bonchev–Trinajstić information content (AvgIpc) is 3.08. The average molecular weight is 760 g/mol. The Morgan fingerprint density at radius 2 is 1.75 bits per heavy atom. The third-order valence-electron chi connectivity index (χ3n) is 11.4. The van der Waals surface area contributed by atoms with E-state index in [1.165, 1.54) is 13.8 Å². The SMILES string of the molecule is CC[C@H]1OC(=O)C(C)[C@@](O)(CNCc2ccc(OC)cc2Cl)[C@H](C)[C@@H](O[C@@H]2O[C@H](C)C[C@H](N(C)C)[C@H]2O)[C@@](C)(O)C[C@@H](C)CN[C@H](C)[C@@H](O)[C@]1(C)O. The number of likely N-dealkylation sites (N-methyl/N-ethyl adjacent to an activating group) is 1. The van der Waals surface area contributed by atoms with Crippen LogP contribution in [0.2, 0.25) is 5.02 Å². The number of methoxy groups -OCH3 is 1. The van der Waals surface area contributed by atoms with Crippen LogP contribution in [0, 0.1) is 17.8 Å². The molecule has 13 nitrogen and oxygen atoms in total. The fourth-order valence-electron chi connectivity index (χ4n) is 7.92. The number of carbonyl (C=O) groups excluding carboxylic acids is 1. The second-order valence-corrected chi connectivity index (χ2v) is 16.5. The standard InChI is InChI=1S/C38H66ClN3O10/c1-12-30-37(8,47)32(44)25(6)41-18-21(2)17-36(7,46)33(52-35-31(43)29(42(9)10)15-22(3)50-35)23(4)38(48,24(5)34(45)51-30)20-40-19-26-13-14-27(49-11)16-28(26)39/h13-14,16,21-25,29-33,35,40-41,43-44,46-48H,12,15,17-20H2,1-11H3/t21-,22-,23-,24?,25-,29+,30-,31-,32-,33-,35+,36+,37-,38-/m1/s1. The number of carbonyl (C=O) groups is 1. The zero-order chi connectivity index (χ0) is 39.3. The first-order chi connectivity index (χ1) is 24.1. The minimum Gasteiger partial charge on any atom is -0.497 e. The molecule has 52 heavy (non-hydrogen) atoms. The maximum absolute atomic E-state index is 14.1. The molecule has 0 saturated carbocycles. The van der Waals surface area contributed by atoms with Gasteiger partial charge in [-0.05, 0) is 98.1 Å². The summed E-state index contributed by atoms with van der Waals surface area (Å²) in [5.74, 6) is -2.64. The second kappa shape index (κ2) is 18.3. The molecule has 2 saturated heterocycles. The molecule has 2 heterocycles. The number of hydrogen-bond donors (Lipinski definition) is 7. The molecule has 2 aliphatic rings. The van der Waals surface area contributed by atoms with Crippen LogP contribution in [-0.2, 0) is 25.5 Å². The van der Waals surface area contributed by atoms with E-state index in [4.69, 9.17) is 30.5 Å². The lowest BCUT2D eigenvalue weighted by Gasteiger charge is -2.49. The fraction of sp³-hybridized carbons (Fsp3) is 0.816. The highest BCUT2D eigenvalue weighted by Gasteiger charge is 2.54. The van der Waals surface area contributed by atoms with Gasteiger partial charge in [0.2, 0.25) is 0 Å². The summed E-state index contributed by atoms with van der Waals surface area (Å²) < 4.78 is 24.0. The van der Waals surface area contributed by atoms with Crippen molar-refractivity contribution in [3.63, 3.8) is 0 Å². The highest BCUT2D eigenvalue weighted by molar-refractivity contribution is 6.31. The van der Waals surface area contributed by atoms with E-state index < -0.39 is 71.4 Å². The van der Waals surface area contributed by atoms with Crippen molar-refractivity contribution in [1.82, 2.24) is 15.5 Å². The number of cyclic esters (lactones) is 1. The molecule has 0 aromatic heterocycles. The Bertz CT molecular complexity index is 1300. The first-order valence-electron chi connectivity index (χ1n) is 18.6. The van der Waals surface area contributed by atoms with Crippen LogP contribution in [0.25, 0.3) is 0 Å². The predicted molar refractivity (Wildman–Crippen MR) is 199 cm³/mol. The number of rotatable bonds is 9. The van der Waals surface area contributed by atoms with Gasteiger partial charge >= 0.3 is 5.97 Å². The molecular weight excluding hydrogens is 694 g/mol. The first kappa shape index (κ1) is 44.8. The lowest BCUT2D eigenvalue weighted by atomic mass is 9.70. The van der Waals surface area contributed by atoms with Gasteiger partial charge in [0.05, 0.1) is 36.4 Å². The van der Waals surface area contributed by atoms with E-state index in [0.717, 1.165) is 5.56 Å². The number of nitrogens with one attached hydrogen (secondary N) is 2. The fourth-order valence-corrected chi connectivity index (χ4v) is 8.16. The van der Waals surface area contributed by atoms with E-state index in [1.807, 2.05) is 32.8 Å². The Morgan fingerprint density at radius 3 is 2.33 bits per heavy atom. The largest absolute Gasteiger partial charge is 0.497 e. The summed E-state index contributed by atoms with van der Waals surface area (Å²) in [4.78, 5) is 16.0. The van der Waals surface area contributed by atoms with E-state index in [-0.39, 0.29) is 44.0 Å². The Balaban J connectivity index is 2.14. The Labute approximate surface area is 315 Å². The number of nitrogens with zero attached hydrogens (tertiary/aromatic N) is 1. The Hall–Kier alpha value is -1.62. The van der Waals surface area contributed by atoms with E-state index in [0.29, 0.717) is 23.7 Å². The molecule has 3 rings (SSSR count). The summed E-state index contributed by atoms with van der Waals surface area (Å²) in [7, 11) is 5.28. The topological polar surface area (TPSA) is 182 Å². The molecule has 300 valence electrons. The highest BCUT2D eigenvalue weighted by atomic mass is 35.5. The van der Waals surface area contributed by atoms with E-state index >= 15 is 0 Å². The maximum Gasteiger partial charge on any atom is 0.312 e. The van der Waals surface area contributed by atoms with Crippen LogP contribution in [0.3, 0.4) is 0 Å². The maximum atomic E-state index is 14.1. The van der Waals surface area contributed by atoms with Gasteiger partial charge in [-0.1, -0.05) is 38.4 Å². The molecule has 7 N–H and O–H groups in total. The molecule has 0 radical (unpaired) electrons. The van der Waals surface area contributed by atoms with Crippen molar-refractivity contribution in [1.29, 1.82) is 0 Å². The van der Waals surface area contributed by atoms with Crippen LogP contribution >= 0.6 is 11.6 Å². The summed E-state index contributed by atoms with van der Waals surface area (Å²) in [5.41, 5.74) is -4.69. The molecule has 1 unspecified atom stereocenters. The molecule has 0 spiro atoms. The molecule has 0 bridgehead atoms. The molecule has 1 aromatic carbocycles. The zero-order valence-corrected chi connectivity index (χ0v) is 33.7. The number of aliphatic hydroxyl groups excluding tert-OH is 2. The van der Waals surface area contributed by atoms with Crippen LogP contribution in [-0.4, -0.2) is 136 Å². The number of benzene rings is 1. The van der Waals surface area contributed by atoms with E-state index in [2.05, 4.69) is 10.6 Å². The summed E-state index contributed by atoms with van der Waals surface area (Å²) in [6.07, 6.45) is -5.19. The third kappa shape index (κ3) is 10.4.